The molecular formula is C11H25ClN2O3. The van der Waals surface area contributed by atoms with Gasteiger partial charge in [0.2, 0.25) is 5.91 Å². The Morgan fingerprint density at radius 2 is 2.06 bits per heavy atom. The number of carbonyl (C=O) groups is 1. The third-order valence-corrected chi connectivity index (χ3v) is 2.05. The van der Waals surface area contributed by atoms with Crippen molar-refractivity contribution in [3.8, 4) is 0 Å². The topological polar surface area (TPSA) is 73.6 Å². The number of amides is 1. The summed E-state index contributed by atoms with van der Waals surface area (Å²) in [7, 11) is 1.64. The average Bonchev–Trinajstić information content (AvgIpc) is 2.25. The Morgan fingerprint density at radius 1 is 1.35 bits per heavy atom. The van der Waals surface area contributed by atoms with Crippen molar-refractivity contribution in [1.82, 2.24) is 5.32 Å². The van der Waals surface area contributed by atoms with Crippen molar-refractivity contribution in [3.05, 3.63) is 0 Å². The van der Waals surface area contributed by atoms with Gasteiger partial charge in [0, 0.05) is 32.7 Å². The van der Waals surface area contributed by atoms with E-state index in [1.165, 1.54) is 0 Å². The predicted molar refractivity (Wildman–Crippen MR) is 70.5 cm³/mol. The summed E-state index contributed by atoms with van der Waals surface area (Å²) in [6, 6.07) is 0.0862. The van der Waals surface area contributed by atoms with Gasteiger partial charge in [-0.15, -0.1) is 12.4 Å². The van der Waals surface area contributed by atoms with Crippen LogP contribution in [0.15, 0.2) is 0 Å². The van der Waals surface area contributed by atoms with Crippen molar-refractivity contribution in [1.29, 1.82) is 0 Å². The van der Waals surface area contributed by atoms with E-state index in [0.717, 1.165) is 12.8 Å². The van der Waals surface area contributed by atoms with Crippen LogP contribution in [-0.4, -0.2) is 45.4 Å². The highest BCUT2D eigenvalue weighted by atomic mass is 35.5. The van der Waals surface area contributed by atoms with E-state index in [1.807, 2.05) is 6.92 Å². The molecule has 1 amide bonds. The maximum absolute atomic E-state index is 11.3. The highest BCUT2D eigenvalue weighted by Gasteiger charge is 2.02. The molecular weight excluding hydrogens is 244 g/mol. The summed E-state index contributed by atoms with van der Waals surface area (Å²) in [6.45, 7) is 4.43. The minimum atomic E-state index is 0. The van der Waals surface area contributed by atoms with Crippen molar-refractivity contribution in [2.24, 2.45) is 5.73 Å². The molecule has 0 saturated carbocycles. The normalized spacial score (nSPS) is 11.7. The second kappa shape index (κ2) is 13.7. The van der Waals surface area contributed by atoms with Gasteiger partial charge < -0.3 is 20.5 Å². The van der Waals surface area contributed by atoms with Gasteiger partial charge in [0.15, 0.2) is 0 Å². The SMILES string of the molecule is COCCOCCCNC(=O)CCC(C)N.Cl. The largest absolute Gasteiger partial charge is 0.382 e. The van der Waals surface area contributed by atoms with Crippen LogP contribution in [0.4, 0.5) is 0 Å². The first-order valence-corrected chi connectivity index (χ1v) is 5.75. The molecule has 104 valence electrons. The maximum Gasteiger partial charge on any atom is 0.220 e. The van der Waals surface area contributed by atoms with Crippen LogP contribution in [0.3, 0.4) is 0 Å². The van der Waals surface area contributed by atoms with Gasteiger partial charge in [-0.25, -0.2) is 0 Å². The lowest BCUT2D eigenvalue weighted by Crippen LogP contribution is -2.27. The molecule has 0 aliphatic rings. The number of ether oxygens (including phenoxy) is 2. The van der Waals surface area contributed by atoms with E-state index in [0.29, 0.717) is 32.8 Å². The summed E-state index contributed by atoms with van der Waals surface area (Å²) < 4.78 is 10.1. The van der Waals surface area contributed by atoms with Crippen LogP contribution in [0.25, 0.3) is 0 Å². The molecule has 0 aromatic heterocycles. The molecule has 0 bridgehead atoms. The lowest BCUT2D eigenvalue weighted by atomic mass is 10.2. The number of methoxy groups -OCH3 is 1. The van der Waals surface area contributed by atoms with Gasteiger partial charge in [-0.05, 0) is 19.8 Å². The molecule has 17 heavy (non-hydrogen) atoms. The molecule has 0 aromatic rings. The van der Waals surface area contributed by atoms with E-state index in [2.05, 4.69) is 5.32 Å². The minimum Gasteiger partial charge on any atom is -0.382 e. The van der Waals surface area contributed by atoms with Gasteiger partial charge in [0.05, 0.1) is 13.2 Å². The molecule has 3 N–H and O–H groups in total. The fourth-order valence-corrected chi connectivity index (χ4v) is 1.09. The summed E-state index contributed by atoms with van der Waals surface area (Å²) in [6.07, 6.45) is 2.06. The molecule has 0 fully saturated rings. The standard InChI is InChI=1S/C11H24N2O3.ClH/c1-10(12)4-5-11(14)13-6-3-7-16-9-8-15-2;/h10H,3-9,12H2,1-2H3,(H,13,14);1H. The monoisotopic (exact) mass is 268 g/mol. The van der Waals surface area contributed by atoms with E-state index in [4.69, 9.17) is 15.2 Å². The highest BCUT2D eigenvalue weighted by molar-refractivity contribution is 5.85. The Kier molecular flexibility index (Phi) is 15.3. The van der Waals surface area contributed by atoms with Crippen molar-refractivity contribution < 1.29 is 14.3 Å². The lowest BCUT2D eigenvalue weighted by molar-refractivity contribution is -0.121. The van der Waals surface area contributed by atoms with Crippen molar-refractivity contribution in [2.75, 3.05) is 33.5 Å². The van der Waals surface area contributed by atoms with E-state index < -0.39 is 0 Å². The molecule has 0 radical (unpaired) electrons. The second-order valence-electron chi connectivity index (χ2n) is 3.82. The van der Waals surface area contributed by atoms with Crippen LogP contribution in [0.1, 0.15) is 26.2 Å². The first-order valence-electron chi connectivity index (χ1n) is 5.75. The van der Waals surface area contributed by atoms with Gasteiger partial charge in [0.1, 0.15) is 0 Å². The second-order valence-corrected chi connectivity index (χ2v) is 3.82. The van der Waals surface area contributed by atoms with Crippen molar-refractivity contribution in [3.63, 3.8) is 0 Å². The zero-order valence-electron chi connectivity index (χ0n) is 10.7. The van der Waals surface area contributed by atoms with Crippen molar-refractivity contribution >= 4 is 18.3 Å². The third-order valence-electron chi connectivity index (χ3n) is 2.05. The Bertz CT molecular complexity index is 180. The lowest BCUT2D eigenvalue weighted by Gasteiger charge is -2.07. The molecule has 0 saturated heterocycles. The number of nitrogens with one attached hydrogen (secondary N) is 1. The van der Waals surface area contributed by atoms with Crippen LogP contribution in [0.5, 0.6) is 0 Å². The number of halogens is 1. The van der Waals surface area contributed by atoms with E-state index >= 15 is 0 Å². The molecule has 0 aliphatic carbocycles. The number of nitrogens with two attached hydrogens (primary N) is 1. The van der Waals surface area contributed by atoms with Crippen LogP contribution < -0.4 is 11.1 Å². The Labute approximate surface area is 110 Å². The smallest absolute Gasteiger partial charge is 0.220 e. The molecule has 1 unspecified atom stereocenters. The number of rotatable bonds is 10. The zero-order chi connectivity index (χ0) is 12.2. The Balaban J connectivity index is 0. The van der Waals surface area contributed by atoms with Crippen LogP contribution >= 0.6 is 12.4 Å². The van der Waals surface area contributed by atoms with E-state index in [-0.39, 0.29) is 24.4 Å². The molecule has 0 aromatic carbocycles. The third kappa shape index (κ3) is 15.6. The molecule has 0 heterocycles. The Morgan fingerprint density at radius 3 is 2.65 bits per heavy atom. The van der Waals surface area contributed by atoms with Gasteiger partial charge >= 0.3 is 0 Å². The summed E-state index contributed by atoms with van der Waals surface area (Å²) in [5, 5.41) is 2.82. The summed E-state index contributed by atoms with van der Waals surface area (Å²) in [5.74, 6) is 0.0641. The highest BCUT2D eigenvalue weighted by Crippen LogP contribution is 1.92. The van der Waals surface area contributed by atoms with E-state index in [1.54, 1.807) is 7.11 Å². The molecule has 5 nitrogen and oxygen atoms in total. The maximum atomic E-state index is 11.3. The molecule has 0 rings (SSSR count). The van der Waals surface area contributed by atoms with Gasteiger partial charge in [0.25, 0.3) is 0 Å². The molecule has 1 atom stereocenters. The molecule has 0 spiro atoms. The first kappa shape index (κ1) is 19.0. The van der Waals surface area contributed by atoms with Crippen LogP contribution in [0, 0.1) is 0 Å². The van der Waals surface area contributed by atoms with E-state index in [9.17, 15) is 4.79 Å². The van der Waals surface area contributed by atoms with Crippen LogP contribution in [0.2, 0.25) is 0 Å². The average molecular weight is 269 g/mol. The predicted octanol–water partition coefficient (Wildman–Crippen LogP) is 0.705. The van der Waals surface area contributed by atoms with Gasteiger partial charge in [-0.3, -0.25) is 4.79 Å². The number of hydrogen-bond acceptors (Lipinski definition) is 4. The molecule has 6 heteroatoms. The summed E-state index contributed by atoms with van der Waals surface area (Å²) in [4.78, 5) is 11.3. The molecule has 0 aliphatic heterocycles. The fraction of sp³-hybridized carbons (Fsp3) is 0.909. The number of hydrogen-bond donors (Lipinski definition) is 2. The van der Waals surface area contributed by atoms with Gasteiger partial charge in [-0.2, -0.15) is 0 Å². The zero-order valence-corrected chi connectivity index (χ0v) is 11.6. The van der Waals surface area contributed by atoms with Gasteiger partial charge in [-0.1, -0.05) is 0 Å². The Hall–Kier alpha value is -0.360. The van der Waals surface area contributed by atoms with Crippen molar-refractivity contribution in [2.45, 2.75) is 32.2 Å². The quantitative estimate of drug-likeness (QED) is 0.572. The summed E-state index contributed by atoms with van der Waals surface area (Å²) >= 11 is 0. The summed E-state index contributed by atoms with van der Waals surface area (Å²) in [5.41, 5.74) is 5.55. The first-order chi connectivity index (χ1) is 7.66. The fourth-order valence-electron chi connectivity index (χ4n) is 1.09. The van der Waals surface area contributed by atoms with Crippen LogP contribution in [-0.2, 0) is 14.3 Å². The minimum absolute atomic E-state index is 0. The number of carbonyl (C=O) groups excluding carboxylic acids is 1.